The Balaban J connectivity index is 1.77. The highest BCUT2D eigenvalue weighted by Crippen LogP contribution is 2.51. The van der Waals surface area contributed by atoms with E-state index in [-0.39, 0.29) is 12.5 Å². The molecule has 2 atom stereocenters. The molecule has 1 fully saturated rings. The SMILES string of the molecule is Cc1ccc(-c2c3c(c(C)c4c2OC(C)O4)C(C2CCCCC2)=NC(N(C)C)C3)o1. The Labute approximate surface area is 179 Å². The van der Waals surface area contributed by atoms with Crippen molar-refractivity contribution in [3.05, 3.63) is 34.6 Å². The monoisotopic (exact) mass is 408 g/mol. The molecule has 1 aromatic carbocycles. The number of ether oxygens (including phenoxy) is 2. The lowest BCUT2D eigenvalue weighted by Crippen LogP contribution is -2.36. The second-order valence-corrected chi connectivity index (χ2v) is 9.22. The van der Waals surface area contributed by atoms with Gasteiger partial charge in [0.1, 0.15) is 17.7 Å². The van der Waals surface area contributed by atoms with Crippen LogP contribution >= 0.6 is 0 Å². The van der Waals surface area contributed by atoms with Gasteiger partial charge in [-0.15, -0.1) is 0 Å². The standard InChI is InChI=1S/C25H32N2O3/c1-14-11-12-19(28-14)22-18-13-20(27(4)5)26-23(17-9-7-6-8-10-17)21(18)15(2)24-25(22)30-16(3)29-24/h11-12,16-17,20H,6-10,13H2,1-5H3. The van der Waals surface area contributed by atoms with Gasteiger partial charge in [-0.25, -0.2) is 0 Å². The van der Waals surface area contributed by atoms with Gasteiger partial charge in [0.15, 0.2) is 11.5 Å². The number of aryl methyl sites for hydroxylation is 1. The fourth-order valence-corrected chi connectivity index (χ4v) is 5.31. The summed E-state index contributed by atoms with van der Waals surface area (Å²) in [7, 11) is 4.24. The van der Waals surface area contributed by atoms with Gasteiger partial charge in [0.05, 0.1) is 5.56 Å². The number of benzene rings is 1. The van der Waals surface area contributed by atoms with Crippen molar-refractivity contribution >= 4 is 5.71 Å². The third-order valence-corrected chi connectivity index (χ3v) is 6.83. The number of nitrogens with zero attached hydrogens (tertiary/aromatic N) is 2. The molecule has 1 saturated carbocycles. The zero-order valence-corrected chi connectivity index (χ0v) is 18.7. The molecule has 0 N–H and O–H groups in total. The Morgan fingerprint density at radius 3 is 2.37 bits per heavy atom. The Hall–Kier alpha value is -2.27. The number of fused-ring (bicyclic) bond motifs is 2. The van der Waals surface area contributed by atoms with E-state index in [0.717, 1.165) is 40.6 Å². The average molecular weight is 409 g/mol. The lowest BCUT2D eigenvalue weighted by atomic mass is 9.77. The summed E-state index contributed by atoms with van der Waals surface area (Å²) in [6.07, 6.45) is 7.03. The third kappa shape index (κ3) is 3.15. The number of hydrogen-bond acceptors (Lipinski definition) is 5. The molecule has 0 radical (unpaired) electrons. The minimum Gasteiger partial charge on any atom is -0.461 e. The van der Waals surface area contributed by atoms with Crippen molar-refractivity contribution in [3.63, 3.8) is 0 Å². The molecule has 5 nitrogen and oxygen atoms in total. The Morgan fingerprint density at radius 2 is 1.70 bits per heavy atom. The van der Waals surface area contributed by atoms with Crippen LogP contribution in [-0.2, 0) is 6.42 Å². The third-order valence-electron chi connectivity index (χ3n) is 6.83. The van der Waals surface area contributed by atoms with Gasteiger partial charge in [-0.2, -0.15) is 0 Å². The normalized spacial score (nSPS) is 23.6. The molecule has 2 unspecified atom stereocenters. The first kappa shape index (κ1) is 19.7. The van der Waals surface area contributed by atoms with Gasteiger partial charge < -0.3 is 13.9 Å². The van der Waals surface area contributed by atoms with E-state index in [0.29, 0.717) is 5.92 Å². The van der Waals surface area contributed by atoms with Crippen LogP contribution in [0, 0.1) is 19.8 Å². The summed E-state index contributed by atoms with van der Waals surface area (Å²) in [6, 6.07) is 4.08. The molecule has 0 bridgehead atoms. The quantitative estimate of drug-likeness (QED) is 0.673. The van der Waals surface area contributed by atoms with E-state index in [2.05, 4.69) is 32.0 Å². The number of furan rings is 1. The van der Waals surface area contributed by atoms with Gasteiger partial charge in [-0.05, 0) is 58.5 Å². The summed E-state index contributed by atoms with van der Waals surface area (Å²) in [5.74, 6) is 3.97. The average Bonchev–Trinajstić information content (AvgIpc) is 3.33. The summed E-state index contributed by atoms with van der Waals surface area (Å²) in [5.41, 5.74) is 6.06. The molecule has 1 aliphatic carbocycles. The maximum Gasteiger partial charge on any atom is 0.238 e. The second kappa shape index (κ2) is 7.45. The molecule has 0 amide bonds. The van der Waals surface area contributed by atoms with Crippen molar-refractivity contribution in [2.75, 3.05) is 14.1 Å². The van der Waals surface area contributed by atoms with Gasteiger partial charge in [-0.3, -0.25) is 9.89 Å². The van der Waals surface area contributed by atoms with Crippen molar-refractivity contribution in [1.82, 2.24) is 4.90 Å². The molecular weight excluding hydrogens is 376 g/mol. The maximum atomic E-state index is 6.19. The van der Waals surface area contributed by atoms with E-state index >= 15 is 0 Å². The predicted molar refractivity (Wildman–Crippen MR) is 119 cm³/mol. The first-order valence-corrected chi connectivity index (χ1v) is 11.3. The zero-order chi connectivity index (χ0) is 21.0. The molecule has 3 heterocycles. The van der Waals surface area contributed by atoms with Crippen LogP contribution in [0.3, 0.4) is 0 Å². The molecule has 2 aliphatic heterocycles. The summed E-state index contributed by atoms with van der Waals surface area (Å²) >= 11 is 0. The molecule has 0 spiro atoms. The maximum absolute atomic E-state index is 6.19. The van der Waals surface area contributed by atoms with Gasteiger partial charge >= 0.3 is 0 Å². The van der Waals surface area contributed by atoms with Crippen LogP contribution in [-0.4, -0.2) is 37.2 Å². The molecule has 160 valence electrons. The van der Waals surface area contributed by atoms with Crippen LogP contribution in [0.4, 0.5) is 0 Å². The van der Waals surface area contributed by atoms with Crippen LogP contribution in [0.5, 0.6) is 11.5 Å². The van der Waals surface area contributed by atoms with Crippen molar-refractivity contribution in [1.29, 1.82) is 0 Å². The minimum absolute atomic E-state index is 0.126. The van der Waals surface area contributed by atoms with Crippen LogP contribution < -0.4 is 9.47 Å². The molecule has 5 rings (SSSR count). The number of hydrogen-bond donors (Lipinski definition) is 0. The first-order chi connectivity index (χ1) is 14.4. The molecular formula is C25H32N2O3. The molecule has 1 aromatic heterocycles. The minimum atomic E-state index is -0.294. The largest absolute Gasteiger partial charge is 0.461 e. The molecule has 5 heteroatoms. The highest BCUT2D eigenvalue weighted by Gasteiger charge is 2.38. The highest BCUT2D eigenvalue weighted by molar-refractivity contribution is 6.08. The highest BCUT2D eigenvalue weighted by atomic mass is 16.7. The van der Waals surface area contributed by atoms with E-state index in [1.807, 2.05) is 19.9 Å². The van der Waals surface area contributed by atoms with E-state index in [1.165, 1.54) is 48.9 Å². The molecule has 0 saturated heterocycles. The Kier molecular flexibility index (Phi) is 4.89. The molecule has 2 aromatic rings. The predicted octanol–water partition coefficient (Wildman–Crippen LogP) is 5.49. The van der Waals surface area contributed by atoms with Gasteiger partial charge in [-0.1, -0.05) is 19.3 Å². The molecule has 30 heavy (non-hydrogen) atoms. The Morgan fingerprint density at radius 1 is 0.967 bits per heavy atom. The lowest BCUT2D eigenvalue weighted by Gasteiger charge is -2.34. The first-order valence-electron chi connectivity index (χ1n) is 11.3. The van der Waals surface area contributed by atoms with Gasteiger partial charge in [0.25, 0.3) is 0 Å². The smallest absolute Gasteiger partial charge is 0.238 e. The number of rotatable bonds is 3. The second-order valence-electron chi connectivity index (χ2n) is 9.22. The van der Waals surface area contributed by atoms with E-state index in [4.69, 9.17) is 18.9 Å². The lowest BCUT2D eigenvalue weighted by molar-refractivity contribution is 0.0677. The van der Waals surface area contributed by atoms with Crippen LogP contribution in [0.15, 0.2) is 21.5 Å². The van der Waals surface area contributed by atoms with E-state index < -0.39 is 0 Å². The number of aliphatic imine (C=N–C) groups is 1. The summed E-state index contributed by atoms with van der Waals surface area (Å²) in [5, 5.41) is 0. The van der Waals surface area contributed by atoms with Gasteiger partial charge in [0, 0.05) is 36.1 Å². The number of likely N-dealkylation sites (N-methyl/N-ethyl adjacent to an activating group) is 1. The van der Waals surface area contributed by atoms with Crippen LogP contribution in [0.25, 0.3) is 11.3 Å². The van der Waals surface area contributed by atoms with Crippen LogP contribution in [0.2, 0.25) is 0 Å². The van der Waals surface area contributed by atoms with E-state index in [9.17, 15) is 0 Å². The Bertz CT molecular complexity index is 998. The van der Waals surface area contributed by atoms with Crippen molar-refractivity contribution in [2.45, 2.75) is 71.8 Å². The summed E-state index contributed by atoms with van der Waals surface area (Å²) in [4.78, 5) is 7.53. The van der Waals surface area contributed by atoms with Gasteiger partial charge in [0.2, 0.25) is 6.29 Å². The van der Waals surface area contributed by atoms with Crippen molar-refractivity contribution < 1.29 is 13.9 Å². The summed E-state index contributed by atoms with van der Waals surface area (Å²) < 4.78 is 18.5. The van der Waals surface area contributed by atoms with E-state index in [1.54, 1.807) is 0 Å². The van der Waals surface area contributed by atoms with Crippen LogP contribution in [0.1, 0.15) is 61.5 Å². The molecule has 3 aliphatic rings. The zero-order valence-electron chi connectivity index (χ0n) is 18.7. The summed E-state index contributed by atoms with van der Waals surface area (Å²) in [6.45, 7) is 6.11. The van der Waals surface area contributed by atoms with Crippen molar-refractivity contribution in [2.24, 2.45) is 10.9 Å². The van der Waals surface area contributed by atoms with Crippen molar-refractivity contribution in [3.8, 4) is 22.8 Å². The topological polar surface area (TPSA) is 47.2 Å². The fourth-order valence-electron chi connectivity index (χ4n) is 5.31. The fraction of sp³-hybridized carbons (Fsp3) is 0.560.